The Morgan fingerprint density at radius 2 is 1.57 bits per heavy atom. The maximum Gasteiger partial charge on any atom is 0.251 e. The van der Waals surface area contributed by atoms with Crippen molar-refractivity contribution >= 4 is 29.1 Å². The molecule has 0 bridgehead atoms. The van der Waals surface area contributed by atoms with Crippen molar-refractivity contribution in [1.29, 1.82) is 0 Å². The summed E-state index contributed by atoms with van der Waals surface area (Å²) in [5.41, 5.74) is 1.68. The van der Waals surface area contributed by atoms with Gasteiger partial charge in [-0.3, -0.25) is 19.3 Å². The zero-order valence-electron chi connectivity index (χ0n) is 17.5. The first-order valence-electron chi connectivity index (χ1n) is 9.74. The van der Waals surface area contributed by atoms with Crippen LogP contribution in [-0.4, -0.2) is 56.4 Å². The molecule has 3 N–H and O–H groups in total. The average molecular weight is 412 g/mol. The molecule has 8 heteroatoms. The Bertz CT molecular complexity index is 868. The minimum Gasteiger partial charge on any atom is -0.495 e. The standard InChI is InChI=1S/C22H28N4O4/c1-4-13-26(15-21(28)25-18-7-5-6-8-19(18)30-3)14-20(27)24-17-11-9-16(10-12-17)22(29)23-2/h5-12H,4,13-15H2,1-3H3,(H,23,29)(H,24,27)(H,25,28). The molecule has 3 amide bonds. The lowest BCUT2D eigenvalue weighted by molar-refractivity contribution is -0.120. The molecule has 0 heterocycles. The van der Waals surface area contributed by atoms with Gasteiger partial charge in [-0.05, 0) is 49.4 Å². The highest BCUT2D eigenvalue weighted by Crippen LogP contribution is 2.22. The van der Waals surface area contributed by atoms with Gasteiger partial charge in [0.1, 0.15) is 5.75 Å². The summed E-state index contributed by atoms with van der Waals surface area (Å²) in [6.45, 7) is 2.74. The molecule has 30 heavy (non-hydrogen) atoms. The lowest BCUT2D eigenvalue weighted by atomic mass is 10.2. The van der Waals surface area contributed by atoms with E-state index in [1.807, 2.05) is 19.1 Å². The van der Waals surface area contributed by atoms with Crippen LogP contribution in [0, 0.1) is 0 Å². The van der Waals surface area contributed by atoms with Gasteiger partial charge in [0.05, 0.1) is 25.9 Å². The summed E-state index contributed by atoms with van der Waals surface area (Å²) in [5.74, 6) is -0.0780. The van der Waals surface area contributed by atoms with Gasteiger partial charge < -0.3 is 20.7 Å². The summed E-state index contributed by atoms with van der Waals surface area (Å²) in [7, 11) is 3.10. The number of ether oxygens (including phenoxy) is 1. The molecule has 0 unspecified atom stereocenters. The zero-order valence-corrected chi connectivity index (χ0v) is 17.5. The Morgan fingerprint density at radius 3 is 2.17 bits per heavy atom. The topological polar surface area (TPSA) is 99.8 Å². The lowest BCUT2D eigenvalue weighted by Gasteiger charge is -2.21. The number of anilines is 2. The molecule has 0 aromatic heterocycles. The van der Waals surface area contributed by atoms with Crippen molar-refractivity contribution in [2.24, 2.45) is 0 Å². The van der Waals surface area contributed by atoms with Crippen molar-refractivity contribution in [3.05, 3.63) is 54.1 Å². The number of rotatable bonds is 10. The van der Waals surface area contributed by atoms with Crippen molar-refractivity contribution in [1.82, 2.24) is 10.2 Å². The molecule has 2 aromatic carbocycles. The van der Waals surface area contributed by atoms with E-state index in [4.69, 9.17) is 4.74 Å². The van der Waals surface area contributed by atoms with E-state index in [2.05, 4.69) is 16.0 Å². The molecular weight excluding hydrogens is 384 g/mol. The van der Waals surface area contributed by atoms with E-state index in [1.165, 1.54) is 0 Å². The summed E-state index contributed by atoms with van der Waals surface area (Å²) >= 11 is 0. The van der Waals surface area contributed by atoms with Crippen molar-refractivity contribution in [2.75, 3.05) is 44.4 Å². The van der Waals surface area contributed by atoms with Crippen LogP contribution in [-0.2, 0) is 9.59 Å². The summed E-state index contributed by atoms with van der Waals surface area (Å²) in [4.78, 5) is 38.3. The number of carbonyl (C=O) groups excluding carboxylic acids is 3. The van der Waals surface area contributed by atoms with Gasteiger partial charge in [0.25, 0.3) is 5.91 Å². The second-order valence-electron chi connectivity index (χ2n) is 6.66. The molecule has 0 spiro atoms. The fraction of sp³-hybridized carbons (Fsp3) is 0.318. The predicted octanol–water partition coefficient (Wildman–Crippen LogP) is 2.34. The van der Waals surface area contributed by atoms with Crippen LogP contribution in [0.3, 0.4) is 0 Å². The monoisotopic (exact) mass is 412 g/mol. The minimum atomic E-state index is -0.235. The first-order valence-corrected chi connectivity index (χ1v) is 9.74. The molecule has 0 saturated heterocycles. The first-order chi connectivity index (χ1) is 14.5. The van der Waals surface area contributed by atoms with Crippen LogP contribution in [0.1, 0.15) is 23.7 Å². The summed E-state index contributed by atoms with van der Waals surface area (Å²) < 4.78 is 5.24. The highest BCUT2D eigenvalue weighted by Gasteiger charge is 2.15. The number of amides is 3. The fourth-order valence-corrected chi connectivity index (χ4v) is 2.92. The summed E-state index contributed by atoms with van der Waals surface area (Å²) in [5, 5.41) is 8.16. The largest absolute Gasteiger partial charge is 0.495 e. The van der Waals surface area contributed by atoms with Crippen LogP contribution in [0.25, 0.3) is 0 Å². The number of hydrogen-bond acceptors (Lipinski definition) is 5. The van der Waals surface area contributed by atoms with Gasteiger partial charge in [-0.15, -0.1) is 0 Å². The van der Waals surface area contributed by atoms with Crippen molar-refractivity contribution in [2.45, 2.75) is 13.3 Å². The Morgan fingerprint density at radius 1 is 0.933 bits per heavy atom. The second-order valence-corrected chi connectivity index (χ2v) is 6.66. The highest BCUT2D eigenvalue weighted by atomic mass is 16.5. The van der Waals surface area contributed by atoms with Gasteiger partial charge >= 0.3 is 0 Å². The number of carbonyl (C=O) groups is 3. The molecule has 8 nitrogen and oxygen atoms in total. The summed E-state index contributed by atoms with van der Waals surface area (Å²) in [6.07, 6.45) is 0.802. The van der Waals surface area contributed by atoms with Crippen LogP contribution in [0.2, 0.25) is 0 Å². The number of nitrogens with one attached hydrogen (secondary N) is 3. The van der Waals surface area contributed by atoms with E-state index in [0.717, 1.165) is 6.42 Å². The van der Waals surface area contributed by atoms with Crippen LogP contribution in [0.4, 0.5) is 11.4 Å². The van der Waals surface area contributed by atoms with Crippen molar-refractivity contribution in [3.8, 4) is 5.75 Å². The average Bonchev–Trinajstić information content (AvgIpc) is 2.74. The Balaban J connectivity index is 1.93. The molecule has 0 saturated carbocycles. The quantitative estimate of drug-likeness (QED) is 0.556. The molecule has 2 rings (SSSR count). The van der Waals surface area contributed by atoms with E-state index < -0.39 is 0 Å². The van der Waals surface area contributed by atoms with Gasteiger partial charge in [0.15, 0.2) is 0 Å². The van der Waals surface area contributed by atoms with Crippen LogP contribution in [0.15, 0.2) is 48.5 Å². The molecule has 0 radical (unpaired) electrons. The van der Waals surface area contributed by atoms with Crippen LogP contribution >= 0.6 is 0 Å². The number of hydrogen-bond donors (Lipinski definition) is 3. The smallest absolute Gasteiger partial charge is 0.251 e. The van der Waals surface area contributed by atoms with Crippen molar-refractivity contribution < 1.29 is 19.1 Å². The number of benzene rings is 2. The molecular formula is C22H28N4O4. The third kappa shape index (κ3) is 6.89. The predicted molar refractivity (Wildman–Crippen MR) is 117 cm³/mol. The maximum atomic E-state index is 12.5. The van der Waals surface area contributed by atoms with Crippen molar-refractivity contribution in [3.63, 3.8) is 0 Å². The van der Waals surface area contributed by atoms with Gasteiger partial charge in [-0.2, -0.15) is 0 Å². The van der Waals surface area contributed by atoms with Crippen LogP contribution in [0.5, 0.6) is 5.75 Å². The van der Waals surface area contributed by atoms with Gasteiger partial charge in [0.2, 0.25) is 11.8 Å². The Kier molecular flexibility index (Phi) is 8.83. The van der Waals surface area contributed by atoms with E-state index in [1.54, 1.807) is 55.5 Å². The molecule has 160 valence electrons. The number of nitrogens with zero attached hydrogens (tertiary/aromatic N) is 1. The fourth-order valence-electron chi connectivity index (χ4n) is 2.92. The van der Waals surface area contributed by atoms with E-state index >= 15 is 0 Å². The molecule has 0 aliphatic heterocycles. The molecule has 0 aliphatic carbocycles. The van der Waals surface area contributed by atoms with Crippen LogP contribution < -0.4 is 20.7 Å². The Labute approximate surface area is 176 Å². The Hall–Kier alpha value is -3.39. The number of methoxy groups -OCH3 is 1. The van der Waals surface area contributed by atoms with E-state index in [-0.39, 0.29) is 30.8 Å². The van der Waals surface area contributed by atoms with E-state index in [0.29, 0.717) is 29.2 Å². The third-order valence-corrected chi connectivity index (χ3v) is 4.31. The van der Waals surface area contributed by atoms with Gasteiger partial charge in [0, 0.05) is 18.3 Å². The second kappa shape index (κ2) is 11.6. The maximum absolute atomic E-state index is 12.5. The lowest BCUT2D eigenvalue weighted by Crippen LogP contribution is -2.39. The zero-order chi connectivity index (χ0) is 21.9. The highest BCUT2D eigenvalue weighted by molar-refractivity contribution is 5.97. The molecule has 0 fully saturated rings. The van der Waals surface area contributed by atoms with E-state index in [9.17, 15) is 14.4 Å². The molecule has 0 atom stereocenters. The normalized spacial score (nSPS) is 10.4. The van der Waals surface area contributed by atoms with Gasteiger partial charge in [-0.1, -0.05) is 19.1 Å². The minimum absolute atomic E-state index is 0.0738. The van der Waals surface area contributed by atoms with Gasteiger partial charge in [-0.25, -0.2) is 0 Å². The first kappa shape index (κ1) is 22.9. The summed E-state index contributed by atoms with van der Waals surface area (Å²) in [6, 6.07) is 13.8. The SMILES string of the molecule is CCCN(CC(=O)Nc1ccc(C(=O)NC)cc1)CC(=O)Nc1ccccc1OC. The molecule has 0 aliphatic rings. The third-order valence-electron chi connectivity index (χ3n) is 4.31. The molecule has 2 aromatic rings. The number of para-hydroxylation sites is 2.